The fourth-order valence-electron chi connectivity index (χ4n) is 3.68. The topological polar surface area (TPSA) is 123 Å². The van der Waals surface area contributed by atoms with Crippen molar-refractivity contribution in [2.45, 2.75) is 227 Å². The van der Waals surface area contributed by atoms with Crippen LogP contribution in [0.1, 0.15) is 227 Å². The van der Waals surface area contributed by atoms with Gasteiger partial charge >= 0.3 is 0 Å². The molecule has 0 aliphatic carbocycles. The molecule has 0 heterocycles. The Labute approximate surface area is 378 Å². The first-order chi connectivity index (χ1) is 24.0. The highest BCUT2D eigenvalue weighted by Gasteiger charge is 2.11. The van der Waals surface area contributed by atoms with Gasteiger partial charge in [-0.25, -0.2) is 0 Å². The average Bonchev–Trinajstić information content (AvgIpc) is 2.96. The number of ketones is 6. The van der Waals surface area contributed by atoms with Crippen LogP contribution >= 0.6 is 0 Å². The monoisotopic (exact) mass is 862 g/mol. The number of nitrogens with zero attached hydrogens (tertiary/aromatic N) is 1. The predicted octanol–water partition coefficient (Wildman–Crippen LogP) is 15.4. The largest absolute Gasteiger partial charge is 0.349 e. The second-order valence-electron chi connectivity index (χ2n) is 16.0. The highest BCUT2D eigenvalue weighted by atomic mass is 16.2. The van der Waals surface area contributed by atoms with Gasteiger partial charge in [-0.05, 0) is 83.1 Å². The van der Waals surface area contributed by atoms with E-state index < -0.39 is 0 Å². The minimum Gasteiger partial charge on any atom is -0.349 e. The zero-order chi connectivity index (χ0) is 43.3. The van der Waals surface area contributed by atoms with Crippen molar-refractivity contribution in [3.63, 3.8) is 0 Å². The summed E-state index contributed by atoms with van der Waals surface area (Å²) >= 11 is 0. The Morgan fingerprint density at radius 3 is 1.02 bits per heavy atom. The molecule has 1 atom stereocenters. The third kappa shape index (κ3) is 124. The predicted molar refractivity (Wildman–Crippen MR) is 272 cm³/mol. The maximum absolute atomic E-state index is 10.6. The number of carbonyl (C=O) groups excluding carboxylic acids is 7. The van der Waals surface area contributed by atoms with Crippen LogP contribution in [-0.4, -0.2) is 59.6 Å². The molecule has 366 valence electrons. The van der Waals surface area contributed by atoms with Crippen molar-refractivity contribution < 1.29 is 33.6 Å². The fraction of sp³-hybridized carbons (Fsp3) is 0.750. The molecule has 0 spiro atoms. The molecule has 0 aliphatic rings. The molecule has 0 saturated heterocycles. The molecule has 0 fully saturated rings. The summed E-state index contributed by atoms with van der Waals surface area (Å²) in [5, 5.41) is 0. The normalized spacial score (nSPS) is 8.95. The van der Waals surface area contributed by atoms with Gasteiger partial charge in [0.05, 0.1) is 0 Å². The molecule has 0 aromatic heterocycles. The van der Waals surface area contributed by atoms with Crippen LogP contribution in [0.15, 0.2) is 30.3 Å². The number of hydrogen-bond donors (Lipinski definition) is 0. The van der Waals surface area contributed by atoms with Crippen LogP contribution in [0.3, 0.4) is 0 Å². The molecule has 0 radical (unpaired) electrons. The first-order valence-corrected chi connectivity index (χ1v) is 19.2. The second kappa shape index (κ2) is 60.0. The molecule has 1 rings (SSSR count). The second-order valence-corrected chi connectivity index (χ2v) is 16.0. The third-order valence-electron chi connectivity index (χ3n) is 6.41. The van der Waals surface area contributed by atoms with Crippen LogP contribution in [-0.2, 0) is 40.0 Å². The molecule has 1 aromatic rings. The number of carbonyl (C=O) groups is 7. The van der Waals surface area contributed by atoms with E-state index in [0.29, 0.717) is 42.2 Å². The van der Waals surface area contributed by atoms with Gasteiger partial charge in [-0.1, -0.05) is 158 Å². The molecule has 1 amide bonds. The minimum atomic E-state index is 0. The Hall–Kier alpha value is -3.29. The van der Waals surface area contributed by atoms with E-state index in [0.717, 1.165) is 50.5 Å². The molecule has 60 heavy (non-hydrogen) atoms. The van der Waals surface area contributed by atoms with Gasteiger partial charge in [0.15, 0.2) is 0 Å². The van der Waals surface area contributed by atoms with E-state index in [9.17, 15) is 33.6 Å². The average molecular weight is 862 g/mol. The van der Waals surface area contributed by atoms with Gasteiger partial charge in [-0.3, -0.25) is 9.59 Å². The number of Topliss-reactive ketones (excluding diaryl/α,β-unsaturated/α-hetero) is 6. The Bertz CT molecular complexity index is 1100. The molecule has 0 bridgehead atoms. The van der Waals surface area contributed by atoms with E-state index in [1.807, 2.05) is 51.1 Å². The van der Waals surface area contributed by atoms with Gasteiger partial charge in [0.1, 0.15) is 34.7 Å². The van der Waals surface area contributed by atoms with Gasteiger partial charge in [0, 0.05) is 59.5 Å². The SMILES string of the molecule is C.C.C.C.C.C.C.CC(=O)CC(C)(C)C.CC(=O)CC(C)C.CC(=O)CCC(C)C.CC(=O)Cc1ccccc1.CC(=O)N(C)C.CCC(C)CC(C)=O.CCCC(C)=O. The first-order valence-electron chi connectivity index (χ1n) is 19.2. The fourth-order valence-corrected chi connectivity index (χ4v) is 3.68. The lowest BCUT2D eigenvalue weighted by molar-refractivity contribution is -0.126. The van der Waals surface area contributed by atoms with Crippen molar-refractivity contribution in [3.8, 4) is 0 Å². The summed E-state index contributed by atoms with van der Waals surface area (Å²) in [5.41, 5.74) is 1.27. The molecule has 0 N–H and O–H groups in total. The lowest BCUT2D eigenvalue weighted by atomic mass is 9.91. The zero-order valence-electron chi connectivity index (χ0n) is 37.8. The molecule has 8 nitrogen and oxygen atoms in total. The molecular weight excluding hydrogens is 751 g/mol. The summed E-state index contributed by atoms with van der Waals surface area (Å²) in [6, 6.07) is 9.75. The molecule has 8 heteroatoms. The minimum absolute atomic E-state index is 0. The maximum atomic E-state index is 10.6. The Kier molecular flexibility index (Phi) is 92.1. The zero-order valence-corrected chi connectivity index (χ0v) is 37.8. The molecule has 1 aromatic carbocycles. The van der Waals surface area contributed by atoms with Gasteiger partial charge in [0.25, 0.3) is 0 Å². The van der Waals surface area contributed by atoms with Crippen molar-refractivity contribution >= 4 is 40.6 Å². The highest BCUT2D eigenvalue weighted by Crippen LogP contribution is 2.17. The van der Waals surface area contributed by atoms with E-state index in [1.54, 1.807) is 55.6 Å². The number of hydrogen-bond acceptors (Lipinski definition) is 7. The smallest absolute Gasteiger partial charge is 0.218 e. The first kappa shape index (κ1) is 92.1. The van der Waals surface area contributed by atoms with E-state index >= 15 is 0 Å². The van der Waals surface area contributed by atoms with E-state index in [-0.39, 0.29) is 86.4 Å². The van der Waals surface area contributed by atoms with Crippen LogP contribution < -0.4 is 0 Å². The maximum Gasteiger partial charge on any atom is 0.218 e. The van der Waals surface area contributed by atoms with Gasteiger partial charge in [-0.2, -0.15) is 0 Å². The van der Waals surface area contributed by atoms with Crippen molar-refractivity contribution in [2.24, 2.45) is 23.2 Å². The van der Waals surface area contributed by atoms with Gasteiger partial charge in [-0.15, -0.1) is 0 Å². The van der Waals surface area contributed by atoms with Crippen molar-refractivity contribution in [1.29, 1.82) is 0 Å². The van der Waals surface area contributed by atoms with Crippen LogP contribution in [0.2, 0.25) is 0 Å². The van der Waals surface area contributed by atoms with Crippen molar-refractivity contribution in [2.75, 3.05) is 14.1 Å². The summed E-state index contributed by atoms with van der Waals surface area (Å²) in [6.45, 7) is 32.0. The summed E-state index contributed by atoms with van der Waals surface area (Å²) in [5.74, 6) is 3.54. The third-order valence-corrected chi connectivity index (χ3v) is 6.41. The lowest BCUT2D eigenvalue weighted by Crippen LogP contribution is -2.17. The van der Waals surface area contributed by atoms with Crippen molar-refractivity contribution in [1.82, 2.24) is 4.90 Å². The number of benzene rings is 1. The summed E-state index contributed by atoms with van der Waals surface area (Å²) in [7, 11) is 3.45. The molecule has 1 unspecified atom stereocenters. The van der Waals surface area contributed by atoms with Crippen LogP contribution in [0.25, 0.3) is 0 Å². The molecular formula is C52H111NO7. The summed E-state index contributed by atoms with van der Waals surface area (Å²) in [6.07, 6.45) is 7.33. The number of amides is 1. The van der Waals surface area contributed by atoms with E-state index in [1.165, 1.54) is 11.8 Å². The van der Waals surface area contributed by atoms with Crippen molar-refractivity contribution in [3.05, 3.63) is 35.9 Å². The quantitative estimate of drug-likeness (QED) is 0.193. The summed E-state index contributed by atoms with van der Waals surface area (Å²) in [4.78, 5) is 73.7. The van der Waals surface area contributed by atoms with E-state index in [4.69, 9.17) is 0 Å². The standard InChI is InChI=1S/C9H10O.3C7H14O.C6H12O.C5H10O.C4H9NO.7CH4/c1-8(10)7-9-5-3-2-4-6-9;1-6(8)5-7(2,3)4;1-6(2)4-5-7(3)8;1-4-6(2)5-7(3)8;1-5(2)4-6(3)7;1-3-4-5(2)6;1-4(6)5(2)3;;;;;;;/h2-6H,7H2,1H3;5H2,1-4H3;2*6H,4-5H2,1-3H3;5H,4H2,1-3H3;3-4H2,1-2H3;1-3H3;7*1H4. The van der Waals surface area contributed by atoms with Gasteiger partial charge < -0.3 is 28.9 Å². The molecule has 0 saturated carbocycles. The highest BCUT2D eigenvalue weighted by molar-refractivity contribution is 5.78. The summed E-state index contributed by atoms with van der Waals surface area (Å²) < 4.78 is 0. The van der Waals surface area contributed by atoms with E-state index in [2.05, 4.69) is 48.5 Å². The molecule has 0 aliphatic heterocycles. The Morgan fingerprint density at radius 2 is 0.900 bits per heavy atom. The number of rotatable bonds is 13. The van der Waals surface area contributed by atoms with Crippen LogP contribution in [0.5, 0.6) is 0 Å². The Balaban J connectivity index is -0.0000000386. The lowest BCUT2D eigenvalue weighted by Gasteiger charge is -2.14. The Morgan fingerprint density at radius 1 is 0.533 bits per heavy atom. The van der Waals surface area contributed by atoms with Crippen LogP contribution in [0.4, 0.5) is 0 Å². The van der Waals surface area contributed by atoms with Crippen LogP contribution in [0, 0.1) is 23.2 Å². The van der Waals surface area contributed by atoms with Gasteiger partial charge in [0.2, 0.25) is 5.91 Å².